The molecule has 2 aliphatic rings. The van der Waals surface area contributed by atoms with E-state index in [9.17, 15) is 24.3 Å². The van der Waals surface area contributed by atoms with Gasteiger partial charge >= 0.3 is 18.0 Å². The third kappa shape index (κ3) is 7.34. The van der Waals surface area contributed by atoms with Gasteiger partial charge in [0.15, 0.2) is 0 Å². The fourth-order valence-corrected chi connectivity index (χ4v) is 5.33. The summed E-state index contributed by atoms with van der Waals surface area (Å²) in [6, 6.07) is 23.6. The number of aliphatic carboxylic acids is 1. The van der Waals surface area contributed by atoms with Gasteiger partial charge in [0.05, 0.1) is 12.3 Å². The fourth-order valence-electron chi connectivity index (χ4n) is 5.33. The number of carbonyl (C=O) groups excluding carboxylic acids is 3. The van der Waals surface area contributed by atoms with Gasteiger partial charge in [-0.05, 0) is 40.2 Å². The van der Waals surface area contributed by atoms with Crippen LogP contribution >= 0.6 is 0 Å². The number of hydrogen-bond acceptors (Lipinski definition) is 6. The van der Waals surface area contributed by atoms with E-state index in [0.29, 0.717) is 12.3 Å². The topological polar surface area (TPSA) is 131 Å². The Morgan fingerprint density at radius 3 is 2.07 bits per heavy atom. The molecule has 0 radical (unpaired) electrons. The van der Waals surface area contributed by atoms with Gasteiger partial charge in [0.1, 0.15) is 19.3 Å². The van der Waals surface area contributed by atoms with Gasteiger partial charge in [0.25, 0.3) is 0 Å². The Bertz CT molecular complexity index is 1390. The zero-order valence-electron chi connectivity index (χ0n) is 23.2. The van der Waals surface area contributed by atoms with Crippen molar-refractivity contribution in [3.63, 3.8) is 0 Å². The zero-order valence-corrected chi connectivity index (χ0v) is 23.2. The fraction of sp³-hybridized carbons (Fsp3) is 0.333. The van der Waals surface area contributed by atoms with Gasteiger partial charge in [-0.1, -0.05) is 91.7 Å². The minimum absolute atomic E-state index is 0.0153. The Morgan fingerprint density at radius 2 is 1.45 bits per heavy atom. The molecule has 2 aliphatic carbocycles. The van der Waals surface area contributed by atoms with E-state index < -0.39 is 42.3 Å². The minimum Gasteiger partial charge on any atom is -0.481 e. The third-order valence-corrected chi connectivity index (χ3v) is 7.75. The summed E-state index contributed by atoms with van der Waals surface area (Å²) >= 11 is 0. The highest BCUT2D eigenvalue weighted by Gasteiger charge is 2.32. The van der Waals surface area contributed by atoms with Crippen molar-refractivity contribution in [1.29, 1.82) is 0 Å². The number of benzene rings is 3. The number of amides is 2. The predicted molar refractivity (Wildman–Crippen MR) is 154 cm³/mol. The molecule has 5 rings (SSSR count). The average molecular weight is 571 g/mol. The number of nitrogens with one attached hydrogen (secondary N) is 2. The van der Waals surface area contributed by atoms with Crippen molar-refractivity contribution < 1.29 is 33.8 Å². The standard InChI is InChI=1S/C33H34N2O7/c36-30(41-19-22-8-2-1-3-9-22)17-29(31(37)34-18-23(32(38)39)16-21-14-15-21)35-33(40)42-20-28-26-12-6-4-10-24(26)25-11-5-7-13-27(25)28/h1-13,21,23,28-29H,14-20H2,(H,34,37)(H,35,40)(H,38,39)/t23?,29-/m0/s1. The number of rotatable bonds is 13. The summed E-state index contributed by atoms with van der Waals surface area (Å²) in [5, 5.41) is 14.7. The van der Waals surface area contributed by atoms with Crippen LogP contribution in [-0.4, -0.2) is 48.2 Å². The lowest BCUT2D eigenvalue weighted by Crippen LogP contribution is -2.49. The van der Waals surface area contributed by atoms with Gasteiger partial charge in [0, 0.05) is 12.5 Å². The van der Waals surface area contributed by atoms with E-state index >= 15 is 0 Å². The van der Waals surface area contributed by atoms with Crippen molar-refractivity contribution in [2.75, 3.05) is 13.2 Å². The molecule has 42 heavy (non-hydrogen) atoms. The second-order valence-corrected chi connectivity index (χ2v) is 10.8. The molecule has 218 valence electrons. The first-order valence-corrected chi connectivity index (χ1v) is 14.2. The van der Waals surface area contributed by atoms with Crippen molar-refractivity contribution >= 4 is 23.9 Å². The highest BCUT2D eigenvalue weighted by atomic mass is 16.5. The lowest BCUT2D eigenvalue weighted by Gasteiger charge is -2.20. The predicted octanol–water partition coefficient (Wildman–Crippen LogP) is 4.64. The monoisotopic (exact) mass is 570 g/mol. The Labute approximate surface area is 244 Å². The smallest absolute Gasteiger partial charge is 0.407 e. The molecular formula is C33H34N2O7. The number of hydrogen-bond donors (Lipinski definition) is 3. The molecule has 1 fully saturated rings. The van der Waals surface area contributed by atoms with Crippen LogP contribution in [0.15, 0.2) is 78.9 Å². The summed E-state index contributed by atoms with van der Waals surface area (Å²) in [4.78, 5) is 50.4. The van der Waals surface area contributed by atoms with Crippen LogP contribution in [-0.2, 0) is 30.5 Å². The lowest BCUT2D eigenvalue weighted by molar-refractivity contribution is -0.147. The van der Waals surface area contributed by atoms with Crippen LogP contribution < -0.4 is 10.6 Å². The van der Waals surface area contributed by atoms with Crippen molar-refractivity contribution in [2.45, 2.75) is 44.2 Å². The highest BCUT2D eigenvalue weighted by Crippen LogP contribution is 2.44. The van der Waals surface area contributed by atoms with Crippen LogP contribution in [0.2, 0.25) is 0 Å². The Kier molecular flexibility index (Phi) is 9.16. The molecule has 0 spiro atoms. The molecule has 3 aromatic rings. The molecule has 3 aromatic carbocycles. The lowest BCUT2D eigenvalue weighted by atomic mass is 9.98. The van der Waals surface area contributed by atoms with Gasteiger partial charge in [-0.25, -0.2) is 4.79 Å². The van der Waals surface area contributed by atoms with E-state index in [1.54, 1.807) is 12.1 Å². The number of carbonyl (C=O) groups is 4. The molecule has 3 N–H and O–H groups in total. The zero-order chi connectivity index (χ0) is 29.5. The maximum absolute atomic E-state index is 13.1. The highest BCUT2D eigenvalue weighted by molar-refractivity contribution is 5.90. The summed E-state index contributed by atoms with van der Waals surface area (Å²) in [5.41, 5.74) is 5.03. The van der Waals surface area contributed by atoms with Crippen LogP contribution in [0.4, 0.5) is 4.79 Å². The SMILES string of the molecule is O=C(C[C@H](NC(=O)OCC1c2ccccc2-c2ccccc21)C(=O)NCC(CC1CC1)C(=O)O)OCc1ccccc1. The van der Waals surface area contributed by atoms with E-state index in [-0.39, 0.29) is 25.7 Å². The third-order valence-electron chi connectivity index (χ3n) is 7.75. The Morgan fingerprint density at radius 1 is 0.833 bits per heavy atom. The van der Waals surface area contributed by atoms with Crippen molar-refractivity contribution in [2.24, 2.45) is 11.8 Å². The number of esters is 1. The first kappa shape index (κ1) is 28.9. The summed E-state index contributed by atoms with van der Waals surface area (Å²) < 4.78 is 10.9. The summed E-state index contributed by atoms with van der Waals surface area (Å²) in [6.45, 7) is -0.0524. The molecule has 9 heteroatoms. The van der Waals surface area contributed by atoms with Gasteiger partial charge in [-0.3, -0.25) is 14.4 Å². The van der Waals surface area contributed by atoms with E-state index in [4.69, 9.17) is 9.47 Å². The van der Waals surface area contributed by atoms with Crippen LogP contribution in [0.25, 0.3) is 11.1 Å². The molecule has 0 aliphatic heterocycles. The van der Waals surface area contributed by atoms with Crippen LogP contribution in [0.1, 0.15) is 48.3 Å². The van der Waals surface area contributed by atoms with E-state index in [1.807, 2.05) is 66.7 Å². The molecular weight excluding hydrogens is 536 g/mol. The van der Waals surface area contributed by atoms with Crippen molar-refractivity contribution in [1.82, 2.24) is 10.6 Å². The first-order valence-electron chi connectivity index (χ1n) is 14.2. The maximum atomic E-state index is 13.1. The molecule has 9 nitrogen and oxygen atoms in total. The molecule has 1 unspecified atom stereocenters. The summed E-state index contributed by atoms with van der Waals surface area (Å²) in [6.07, 6.45) is 1.14. The molecule has 0 saturated heterocycles. The largest absolute Gasteiger partial charge is 0.481 e. The van der Waals surface area contributed by atoms with Gasteiger partial charge in [0.2, 0.25) is 5.91 Å². The first-order chi connectivity index (χ1) is 20.4. The molecule has 0 heterocycles. The minimum atomic E-state index is -1.31. The maximum Gasteiger partial charge on any atom is 0.407 e. The Balaban J connectivity index is 1.22. The molecule has 0 aromatic heterocycles. The number of alkyl carbamates (subject to hydrolysis) is 1. The number of ether oxygens (including phenoxy) is 2. The average Bonchev–Trinajstić information content (AvgIpc) is 3.77. The van der Waals surface area contributed by atoms with Gasteiger partial charge < -0.3 is 25.2 Å². The van der Waals surface area contributed by atoms with Crippen molar-refractivity contribution in [3.05, 3.63) is 95.6 Å². The normalized spacial score (nSPS) is 15.0. The van der Waals surface area contributed by atoms with E-state index in [1.165, 1.54) is 0 Å². The number of carboxylic acids is 1. The molecule has 2 amide bonds. The van der Waals surface area contributed by atoms with Crippen molar-refractivity contribution in [3.8, 4) is 11.1 Å². The van der Waals surface area contributed by atoms with Gasteiger partial charge in [-0.15, -0.1) is 0 Å². The molecule has 0 bridgehead atoms. The number of fused-ring (bicyclic) bond motifs is 3. The molecule has 1 saturated carbocycles. The quantitative estimate of drug-likeness (QED) is 0.255. The van der Waals surface area contributed by atoms with Crippen LogP contribution in [0, 0.1) is 11.8 Å². The second kappa shape index (κ2) is 13.3. The summed E-state index contributed by atoms with van der Waals surface area (Å²) in [7, 11) is 0. The van der Waals surface area contributed by atoms with Crippen LogP contribution in [0.3, 0.4) is 0 Å². The van der Waals surface area contributed by atoms with E-state index in [0.717, 1.165) is 40.7 Å². The van der Waals surface area contributed by atoms with Crippen LogP contribution in [0.5, 0.6) is 0 Å². The van der Waals surface area contributed by atoms with E-state index in [2.05, 4.69) is 10.6 Å². The summed E-state index contributed by atoms with van der Waals surface area (Å²) in [5.74, 6) is -2.93. The van der Waals surface area contributed by atoms with Gasteiger partial charge in [-0.2, -0.15) is 0 Å². The number of carboxylic acid groups (broad SMARTS) is 1. The molecule has 2 atom stereocenters. The Hall–Kier alpha value is -4.66. The second-order valence-electron chi connectivity index (χ2n) is 10.8.